The maximum atomic E-state index is 13.3. The van der Waals surface area contributed by atoms with Crippen LogP contribution in [0.15, 0.2) is 40.9 Å². The Hall–Kier alpha value is -3.99. The lowest BCUT2D eigenvalue weighted by Gasteiger charge is -2.19. The minimum absolute atomic E-state index is 0.0348. The summed E-state index contributed by atoms with van der Waals surface area (Å²) in [6, 6.07) is 8.40. The molecule has 1 aromatic carbocycles. The molecular formula is C30H37N5O6. The first-order chi connectivity index (χ1) is 19.8. The Morgan fingerprint density at radius 3 is 2.41 bits per heavy atom. The number of carbonyl (C=O) groups excluding carboxylic acids is 3. The topological polar surface area (TPSA) is 149 Å². The first-order valence-electron chi connectivity index (χ1n) is 14.3. The highest BCUT2D eigenvalue weighted by atomic mass is 16.5. The van der Waals surface area contributed by atoms with Gasteiger partial charge in [0.15, 0.2) is 0 Å². The van der Waals surface area contributed by atoms with Gasteiger partial charge in [0.2, 0.25) is 11.7 Å². The SMILES string of the molecule is CCOC(=O)[C@@H](NC(=O)c1cnc(-c2cccc(-c3cc(C(=O)NC(C4CC4)C4CC4)n(CCO)n3)c2)o1)C(C)C. The number of rotatable bonds is 13. The van der Waals surface area contributed by atoms with Crippen molar-refractivity contribution < 1.29 is 28.6 Å². The molecular weight excluding hydrogens is 526 g/mol. The number of ether oxygens (including phenoxy) is 1. The van der Waals surface area contributed by atoms with Crippen molar-refractivity contribution in [1.82, 2.24) is 25.4 Å². The van der Waals surface area contributed by atoms with E-state index in [0.717, 1.165) is 31.2 Å². The molecule has 3 aromatic rings. The van der Waals surface area contributed by atoms with Crippen LogP contribution >= 0.6 is 0 Å². The molecule has 218 valence electrons. The number of oxazole rings is 1. The van der Waals surface area contributed by atoms with Crippen LogP contribution in [0.2, 0.25) is 0 Å². The number of aliphatic hydroxyl groups excluding tert-OH is 1. The van der Waals surface area contributed by atoms with E-state index >= 15 is 0 Å². The fourth-order valence-corrected chi connectivity index (χ4v) is 5.03. The minimum Gasteiger partial charge on any atom is -0.464 e. The highest BCUT2D eigenvalue weighted by Crippen LogP contribution is 2.44. The molecule has 0 bridgehead atoms. The molecule has 41 heavy (non-hydrogen) atoms. The largest absolute Gasteiger partial charge is 0.464 e. The summed E-state index contributed by atoms with van der Waals surface area (Å²) in [6.45, 7) is 5.60. The van der Waals surface area contributed by atoms with E-state index in [0.29, 0.717) is 28.8 Å². The van der Waals surface area contributed by atoms with E-state index in [4.69, 9.17) is 9.15 Å². The fraction of sp³-hybridized carbons (Fsp3) is 0.500. The molecule has 2 aliphatic rings. The monoisotopic (exact) mass is 563 g/mol. The van der Waals surface area contributed by atoms with Gasteiger partial charge in [-0.15, -0.1) is 0 Å². The number of aliphatic hydroxyl groups is 1. The van der Waals surface area contributed by atoms with E-state index in [-0.39, 0.29) is 49.3 Å². The Labute approximate surface area is 238 Å². The van der Waals surface area contributed by atoms with Gasteiger partial charge in [0.25, 0.3) is 11.8 Å². The number of amides is 2. The standard InChI is InChI=1S/C30H37N5O6/c1-4-40-30(39)25(17(2)3)32-28(38)24-16-31-29(41-24)21-7-5-6-20(14-21)22-15-23(35(34-22)12-13-36)27(37)33-26(18-8-9-18)19-10-11-19/h5-7,14-19,25-26,36H,4,8-13H2,1-3H3,(H,32,38)(H,33,37)/t25-/m0/s1. The molecule has 2 heterocycles. The van der Waals surface area contributed by atoms with Crippen LogP contribution in [-0.4, -0.2) is 63.0 Å². The number of nitrogens with zero attached hydrogens (tertiary/aromatic N) is 3. The molecule has 0 radical (unpaired) electrons. The second kappa shape index (κ2) is 12.3. The third-order valence-corrected chi connectivity index (χ3v) is 7.51. The Morgan fingerprint density at radius 1 is 1.07 bits per heavy atom. The number of hydrogen-bond acceptors (Lipinski definition) is 8. The van der Waals surface area contributed by atoms with Crippen molar-refractivity contribution in [2.75, 3.05) is 13.2 Å². The molecule has 11 nitrogen and oxygen atoms in total. The molecule has 1 atom stereocenters. The number of nitrogens with one attached hydrogen (secondary N) is 2. The Balaban J connectivity index is 1.33. The summed E-state index contributed by atoms with van der Waals surface area (Å²) in [7, 11) is 0. The van der Waals surface area contributed by atoms with Gasteiger partial charge in [-0.3, -0.25) is 14.3 Å². The summed E-state index contributed by atoms with van der Waals surface area (Å²) in [4.78, 5) is 42.6. The van der Waals surface area contributed by atoms with Crippen molar-refractivity contribution in [3.8, 4) is 22.7 Å². The van der Waals surface area contributed by atoms with Crippen molar-refractivity contribution >= 4 is 17.8 Å². The highest BCUT2D eigenvalue weighted by Gasteiger charge is 2.42. The molecule has 0 saturated heterocycles. The van der Waals surface area contributed by atoms with Crippen LogP contribution in [0.25, 0.3) is 22.7 Å². The van der Waals surface area contributed by atoms with Crippen LogP contribution in [0.1, 0.15) is 67.5 Å². The second-order valence-corrected chi connectivity index (χ2v) is 11.1. The maximum absolute atomic E-state index is 13.3. The first-order valence-corrected chi connectivity index (χ1v) is 14.3. The Bertz CT molecular complexity index is 1390. The summed E-state index contributed by atoms with van der Waals surface area (Å²) >= 11 is 0. The van der Waals surface area contributed by atoms with Gasteiger partial charge in [-0.05, 0) is 68.6 Å². The van der Waals surface area contributed by atoms with Gasteiger partial charge < -0.3 is 24.9 Å². The van der Waals surface area contributed by atoms with E-state index in [9.17, 15) is 19.5 Å². The minimum atomic E-state index is -0.816. The van der Waals surface area contributed by atoms with Gasteiger partial charge >= 0.3 is 5.97 Å². The van der Waals surface area contributed by atoms with E-state index in [1.165, 1.54) is 10.9 Å². The van der Waals surface area contributed by atoms with Gasteiger partial charge in [0.1, 0.15) is 11.7 Å². The molecule has 3 N–H and O–H groups in total. The van der Waals surface area contributed by atoms with Crippen molar-refractivity contribution in [3.63, 3.8) is 0 Å². The average molecular weight is 564 g/mol. The van der Waals surface area contributed by atoms with Gasteiger partial charge in [-0.1, -0.05) is 26.0 Å². The zero-order valence-electron chi connectivity index (χ0n) is 23.6. The van der Waals surface area contributed by atoms with E-state index in [1.807, 2.05) is 32.0 Å². The number of benzene rings is 1. The smallest absolute Gasteiger partial charge is 0.328 e. The maximum Gasteiger partial charge on any atom is 0.328 e. The lowest BCUT2D eigenvalue weighted by Crippen LogP contribution is -2.45. The van der Waals surface area contributed by atoms with Gasteiger partial charge in [-0.2, -0.15) is 5.10 Å². The predicted molar refractivity (Wildman–Crippen MR) is 150 cm³/mol. The normalized spacial score (nSPS) is 15.7. The molecule has 2 aliphatic carbocycles. The van der Waals surface area contributed by atoms with Gasteiger partial charge in [-0.25, -0.2) is 9.78 Å². The molecule has 2 fully saturated rings. The van der Waals surface area contributed by atoms with Crippen LogP contribution in [0.4, 0.5) is 0 Å². The molecule has 0 aliphatic heterocycles. The van der Waals surface area contributed by atoms with E-state index in [2.05, 4.69) is 20.7 Å². The van der Waals surface area contributed by atoms with Crippen LogP contribution < -0.4 is 10.6 Å². The predicted octanol–water partition coefficient (Wildman–Crippen LogP) is 3.43. The summed E-state index contributed by atoms with van der Waals surface area (Å²) in [5.41, 5.74) is 2.30. The highest BCUT2D eigenvalue weighted by molar-refractivity contribution is 5.95. The van der Waals surface area contributed by atoms with E-state index < -0.39 is 17.9 Å². The van der Waals surface area contributed by atoms with Crippen molar-refractivity contribution in [2.45, 2.75) is 65.1 Å². The second-order valence-electron chi connectivity index (χ2n) is 11.1. The molecule has 11 heteroatoms. The van der Waals surface area contributed by atoms with Crippen molar-refractivity contribution in [1.29, 1.82) is 0 Å². The third kappa shape index (κ3) is 6.67. The lowest BCUT2D eigenvalue weighted by molar-refractivity contribution is -0.146. The quantitative estimate of drug-likeness (QED) is 0.268. The molecule has 2 saturated carbocycles. The van der Waals surface area contributed by atoms with Gasteiger partial charge in [0.05, 0.1) is 31.6 Å². The van der Waals surface area contributed by atoms with Crippen LogP contribution in [0, 0.1) is 17.8 Å². The Morgan fingerprint density at radius 2 is 1.78 bits per heavy atom. The Kier molecular flexibility index (Phi) is 8.53. The zero-order chi connectivity index (χ0) is 29.1. The first kappa shape index (κ1) is 28.5. The van der Waals surface area contributed by atoms with Crippen LogP contribution in [-0.2, 0) is 16.1 Å². The third-order valence-electron chi connectivity index (χ3n) is 7.51. The lowest BCUT2D eigenvalue weighted by atomic mass is 10.0. The summed E-state index contributed by atoms with van der Waals surface area (Å²) in [6.07, 6.45) is 5.94. The molecule has 2 aromatic heterocycles. The number of aromatic nitrogens is 3. The number of esters is 1. The summed E-state index contributed by atoms with van der Waals surface area (Å²) in [5.74, 6) is -0.123. The summed E-state index contributed by atoms with van der Waals surface area (Å²) < 4.78 is 12.4. The molecule has 2 amide bonds. The van der Waals surface area contributed by atoms with Crippen LogP contribution in [0.3, 0.4) is 0 Å². The summed E-state index contributed by atoms with van der Waals surface area (Å²) in [5, 5.41) is 20.1. The van der Waals surface area contributed by atoms with Gasteiger partial charge in [0, 0.05) is 17.2 Å². The molecule has 5 rings (SSSR count). The molecule has 0 unspecified atom stereocenters. The van der Waals surface area contributed by atoms with E-state index in [1.54, 1.807) is 19.1 Å². The van der Waals surface area contributed by atoms with Crippen molar-refractivity contribution in [2.24, 2.45) is 17.8 Å². The van der Waals surface area contributed by atoms with Crippen LogP contribution in [0.5, 0.6) is 0 Å². The van der Waals surface area contributed by atoms with Crippen molar-refractivity contribution in [3.05, 3.63) is 48.0 Å². The number of carbonyl (C=O) groups is 3. The fourth-order valence-electron chi connectivity index (χ4n) is 5.03. The number of hydrogen-bond donors (Lipinski definition) is 3. The average Bonchev–Trinajstić information content (AvgIpc) is 3.89. The zero-order valence-corrected chi connectivity index (χ0v) is 23.6. The molecule has 0 spiro atoms.